The van der Waals surface area contributed by atoms with Crippen molar-refractivity contribution in [1.29, 1.82) is 0 Å². The van der Waals surface area contributed by atoms with Crippen molar-refractivity contribution in [1.82, 2.24) is 15.2 Å². The van der Waals surface area contributed by atoms with E-state index in [1.54, 1.807) is 11.9 Å². The van der Waals surface area contributed by atoms with Gasteiger partial charge in [-0.2, -0.15) is 0 Å². The Labute approximate surface area is 111 Å². The molecule has 1 saturated heterocycles. The van der Waals surface area contributed by atoms with Crippen LogP contribution in [0.4, 0.5) is 5.69 Å². The van der Waals surface area contributed by atoms with Crippen molar-refractivity contribution in [2.45, 2.75) is 25.3 Å². The number of aromatic nitrogens is 1. The van der Waals surface area contributed by atoms with Crippen LogP contribution < -0.4 is 5.32 Å². The molecule has 1 amide bonds. The van der Waals surface area contributed by atoms with Gasteiger partial charge in [0.1, 0.15) is 5.69 Å². The van der Waals surface area contributed by atoms with Crippen LogP contribution in [0.25, 0.3) is 0 Å². The summed E-state index contributed by atoms with van der Waals surface area (Å²) < 4.78 is 0. The number of amides is 1. The van der Waals surface area contributed by atoms with Crippen LogP contribution in [0.2, 0.25) is 0 Å². The van der Waals surface area contributed by atoms with E-state index in [0.29, 0.717) is 0 Å². The molecule has 1 fully saturated rings. The summed E-state index contributed by atoms with van der Waals surface area (Å²) >= 11 is 0. The van der Waals surface area contributed by atoms with Crippen LogP contribution in [-0.4, -0.2) is 46.9 Å². The van der Waals surface area contributed by atoms with Crippen LogP contribution in [-0.2, 0) is 0 Å². The molecule has 0 spiro atoms. The van der Waals surface area contributed by atoms with E-state index in [-0.39, 0.29) is 23.3 Å². The zero-order valence-corrected chi connectivity index (χ0v) is 10.9. The van der Waals surface area contributed by atoms with Crippen LogP contribution in [0.1, 0.15) is 29.8 Å². The van der Waals surface area contributed by atoms with Gasteiger partial charge in [0.2, 0.25) is 0 Å². The zero-order chi connectivity index (χ0) is 13.8. The highest BCUT2D eigenvalue weighted by molar-refractivity contribution is 5.93. The third kappa shape index (κ3) is 3.11. The molecule has 1 aromatic rings. The molecule has 0 radical (unpaired) electrons. The second-order valence-corrected chi connectivity index (χ2v) is 4.78. The van der Waals surface area contributed by atoms with Crippen LogP contribution in [0.15, 0.2) is 12.3 Å². The van der Waals surface area contributed by atoms with E-state index >= 15 is 0 Å². The lowest BCUT2D eigenvalue weighted by Crippen LogP contribution is -2.37. The second-order valence-electron chi connectivity index (χ2n) is 4.78. The highest BCUT2D eigenvalue weighted by atomic mass is 16.6. The number of H-pyrrole nitrogens is 1. The fourth-order valence-corrected chi connectivity index (χ4v) is 2.36. The number of aromatic amines is 1. The minimum atomic E-state index is -0.511. The molecule has 1 aliphatic rings. The highest BCUT2D eigenvalue weighted by Crippen LogP contribution is 2.17. The predicted octanol–water partition coefficient (Wildman–Crippen LogP) is 1.14. The average molecular weight is 266 g/mol. The molecule has 0 bridgehead atoms. The molecule has 0 aromatic carbocycles. The van der Waals surface area contributed by atoms with Crippen molar-refractivity contribution in [3.8, 4) is 0 Å². The molecule has 2 heterocycles. The van der Waals surface area contributed by atoms with E-state index in [1.165, 1.54) is 12.3 Å². The number of carbonyl (C=O) groups is 1. The lowest BCUT2D eigenvalue weighted by atomic mass is 10.1. The predicted molar refractivity (Wildman–Crippen MR) is 70.0 cm³/mol. The van der Waals surface area contributed by atoms with E-state index < -0.39 is 4.92 Å². The van der Waals surface area contributed by atoms with Gasteiger partial charge in [0.15, 0.2) is 0 Å². The Balaban J connectivity index is 2.06. The summed E-state index contributed by atoms with van der Waals surface area (Å²) in [5.74, 6) is -0.194. The number of nitrogens with zero attached hydrogens (tertiary/aromatic N) is 2. The molecule has 1 aromatic heterocycles. The van der Waals surface area contributed by atoms with E-state index in [4.69, 9.17) is 0 Å². The van der Waals surface area contributed by atoms with Gasteiger partial charge >= 0.3 is 0 Å². The summed E-state index contributed by atoms with van der Waals surface area (Å²) in [6.45, 7) is 1.87. The van der Waals surface area contributed by atoms with Crippen molar-refractivity contribution < 1.29 is 9.72 Å². The molecular weight excluding hydrogens is 248 g/mol. The summed E-state index contributed by atoms with van der Waals surface area (Å²) in [5.41, 5.74) is 0.186. The van der Waals surface area contributed by atoms with Crippen LogP contribution >= 0.6 is 0 Å². The Morgan fingerprint density at radius 1 is 1.47 bits per heavy atom. The molecular formula is C12H18N4O3. The normalized spacial score (nSPS) is 19.7. The smallest absolute Gasteiger partial charge is 0.287 e. The zero-order valence-electron chi connectivity index (χ0n) is 10.9. The maximum Gasteiger partial charge on any atom is 0.287 e. The Kier molecular flexibility index (Phi) is 4.16. The molecule has 2 rings (SSSR count). The largest absolute Gasteiger partial charge is 0.351 e. The molecule has 7 nitrogen and oxygen atoms in total. The highest BCUT2D eigenvalue weighted by Gasteiger charge is 2.24. The number of hydrogen-bond acceptors (Lipinski definition) is 4. The number of nitro groups is 1. The molecule has 19 heavy (non-hydrogen) atoms. The Hall–Kier alpha value is -1.89. The van der Waals surface area contributed by atoms with Gasteiger partial charge in [-0.3, -0.25) is 14.9 Å². The Morgan fingerprint density at radius 3 is 2.95 bits per heavy atom. The van der Waals surface area contributed by atoms with Gasteiger partial charge in [0, 0.05) is 19.2 Å². The number of hydrogen-bond donors (Lipinski definition) is 2. The van der Waals surface area contributed by atoms with Gasteiger partial charge in [-0.05, 0) is 32.4 Å². The van der Waals surface area contributed by atoms with E-state index in [9.17, 15) is 14.9 Å². The molecule has 0 saturated carbocycles. The fraction of sp³-hybridized carbons (Fsp3) is 0.583. The molecule has 7 heteroatoms. The topological polar surface area (TPSA) is 91.3 Å². The summed E-state index contributed by atoms with van der Waals surface area (Å²) in [4.78, 5) is 26.7. The lowest BCUT2D eigenvalue weighted by Gasteiger charge is -2.26. The summed E-state index contributed by atoms with van der Waals surface area (Å²) in [6.07, 6.45) is 4.14. The van der Waals surface area contributed by atoms with Crippen LogP contribution in [0.3, 0.4) is 0 Å². The van der Waals surface area contributed by atoms with Gasteiger partial charge in [-0.25, -0.2) is 0 Å². The van der Waals surface area contributed by atoms with Gasteiger partial charge in [-0.15, -0.1) is 0 Å². The van der Waals surface area contributed by atoms with E-state index in [2.05, 4.69) is 10.3 Å². The molecule has 104 valence electrons. The maximum absolute atomic E-state index is 12.2. The van der Waals surface area contributed by atoms with Gasteiger partial charge in [-0.1, -0.05) is 0 Å². The van der Waals surface area contributed by atoms with Gasteiger partial charge in [0.25, 0.3) is 11.6 Å². The van der Waals surface area contributed by atoms with Crippen LogP contribution in [0, 0.1) is 10.1 Å². The second kappa shape index (κ2) is 5.83. The van der Waals surface area contributed by atoms with E-state index in [0.717, 1.165) is 32.4 Å². The monoisotopic (exact) mass is 266 g/mol. The quantitative estimate of drug-likeness (QED) is 0.634. The van der Waals surface area contributed by atoms with Crippen molar-refractivity contribution in [2.24, 2.45) is 0 Å². The van der Waals surface area contributed by atoms with Gasteiger partial charge in [0.05, 0.1) is 11.1 Å². The summed E-state index contributed by atoms with van der Waals surface area (Å²) in [7, 11) is 1.75. The first-order valence-corrected chi connectivity index (χ1v) is 6.40. The van der Waals surface area contributed by atoms with E-state index in [1.807, 2.05) is 0 Å². The Morgan fingerprint density at radius 2 is 2.26 bits per heavy atom. The first-order chi connectivity index (χ1) is 9.09. The minimum Gasteiger partial charge on any atom is -0.351 e. The van der Waals surface area contributed by atoms with Crippen molar-refractivity contribution in [3.05, 3.63) is 28.1 Å². The SMILES string of the molecule is CN(C(=O)c1cc([N+](=O)[O-])c[nH]1)C1CCCNCC1. The molecule has 2 N–H and O–H groups in total. The molecule has 1 aliphatic heterocycles. The number of rotatable bonds is 3. The Bertz CT molecular complexity index is 463. The van der Waals surface area contributed by atoms with Crippen molar-refractivity contribution in [3.63, 3.8) is 0 Å². The fourth-order valence-electron chi connectivity index (χ4n) is 2.36. The lowest BCUT2D eigenvalue weighted by molar-refractivity contribution is -0.384. The average Bonchev–Trinajstić information content (AvgIpc) is 2.73. The third-order valence-electron chi connectivity index (χ3n) is 3.52. The van der Waals surface area contributed by atoms with Crippen molar-refractivity contribution >= 4 is 11.6 Å². The minimum absolute atomic E-state index is 0.0840. The maximum atomic E-state index is 12.2. The van der Waals surface area contributed by atoms with Crippen molar-refractivity contribution in [2.75, 3.05) is 20.1 Å². The first kappa shape index (κ1) is 13.5. The molecule has 0 aliphatic carbocycles. The van der Waals surface area contributed by atoms with Gasteiger partial charge < -0.3 is 15.2 Å². The summed E-state index contributed by atoms with van der Waals surface area (Å²) in [5, 5.41) is 13.9. The summed E-state index contributed by atoms with van der Waals surface area (Å²) in [6, 6.07) is 1.47. The molecule has 1 unspecified atom stereocenters. The standard InChI is InChI=1S/C12H18N4O3/c1-15(9-3-2-5-13-6-4-9)12(17)11-7-10(8-14-11)16(18)19/h7-9,13-14H,2-6H2,1H3. The first-order valence-electron chi connectivity index (χ1n) is 6.40. The van der Waals surface area contributed by atoms with Crippen LogP contribution in [0.5, 0.6) is 0 Å². The third-order valence-corrected chi connectivity index (χ3v) is 3.52. The number of carbonyl (C=O) groups excluding carboxylic acids is 1. The number of nitrogens with one attached hydrogen (secondary N) is 2. The molecule has 1 atom stereocenters.